The highest BCUT2D eigenvalue weighted by Crippen LogP contribution is 2.23. The maximum atomic E-state index is 5.30. The molecule has 0 aliphatic heterocycles. The van der Waals surface area contributed by atoms with Crippen molar-refractivity contribution < 1.29 is 0 Å². The Morgan fingerprint density at radius 1 is 1.17 bits per heavy atom. The smallest absolute Gasteiger partial charge is 0.185 e. The fraction of sp³-hybridized carbons (Fsp3) is 0.500. The van der Waals surface area contributed by atoms with Gasteiger partial charge in [0.25, 0.3) is 0 Å². The van der Waals surface area contributed by atoms with Gasteiger partial charge in [-0.2, -0.15) is 0 Å². The van der Waals surface area contributed by atoms with Crippen molar-refractivity contribution in [2.75, 3.05) is 5.43 Å². The lowest BCUT2D eigenvalue weighted by Crippen LogP contribution is -2.47. The predicted molar refractivity (Wildman–Crippen MR) is 80.4 cm³/mol. The van der Waals surface area contributed by atoms with Crippen LogP contribution in [-0.4, -0.2) is 11.2 Å². The Balaban J connectivity index is 1.75. The standard InChI is InChI=1S/C14H21N3S/c1-11-7-5-6-10-13(11)15-14(18)17-16-12-8-3-2-4-9-12/h2-4,8-9,11,13,16H,5-7,10H2,1H3,(H2,15,17,18)/t11-,13+/m1/s1. The zero-order valence-electron chi connectivity index (χ0n) is 10.8. The van der Waals surface area contributed by atoms with Crippen LogP contribution in [0.25, 0.3) is 0 Å². The zero-order chi connectivity index (χ0) is 12.8. The van der Waals surface area contributed by atoms with Crippen molar-refractivity contribution >= 4 is 23.0 Å². The molecule has 0 radical (unpaired) electrons. The van der Waals surface area contributed by atoms with Gasteiger partial charge in [-0.05, 0) is 43.1 Å². The third-order valence-electron chi connectivity index (χ3n) is 3.52. The number of hydrogen-bond acceptors (Lipinski definition) is 2. The van der Waals surface area contributed by atoms with Gasteiger partial charge in [-0.3, -0.25) is 10.9 Å². The molecule has 0 saturated heterocycles. The van der Waals surface area contributed by atoms with E-state index in [9.17, 15) is 0 Å². The van der Waals surface area contributed by atoms with Gasteiger partial charge in [0.15, 0.2) is 5.11 Å². The Morgan fingerprint density at radius 3 is 2.61 bits per heavy atom. The van der Waals surface area contributed by atoms with Crippen LogP contribution in [0.3, 0.4) is 0 Å². The molecule has 4 heteroatoms. The Bertz CT molecular complexity index is 380. The maximum absolute atomic E-state index is 5.30. The summed E-state index contributed by atoms with van der Waals surface area (Å²) >= 11 is 5.30. The van der Waals surface area contributed by atoms with E-state index in [1.54, 1.807) is 0 Å². The summed E-state index contributed by atoms with van der Waals surface area (Å²) in [5.41, 5.74) is 7.14. The summed E-state index contributed by atoms with van der Waals surface area (Å²) in [6.07, 6.45) is 5.17. The van der Waals surface area contributed by atoms with E-state index in [0.29, 0.717) is 17.1 Å². The normalized spacial score (nSPS) is 23.2. The highest BCUT2D eigenvalue weighted by molar-refractivity contribution is 7.80. The van der Waals surface area contributed by atoms with Gasteiger partial charge in [-0.25, -0.2) is 0 Å². The van der Waals surface area contributed by atoms with Crippen LogP contribution >= 0.6 is 12.2 Å². The van der Waals surface area contributed by atoms with E-state index in [0.717, 1.165) is 5.69 Å². The van der Waals surface area contributed by atoms with Crippen LogP contribution < -0.4 is 16.2 Å². The monoisotopic (exact) mass is 263 g/mol. The van der Waals surface area contributed by atoms with Crippen molar-refractivity contribution in [2.24, 2.45) is 5.92 Å². The zero-order valence-corrected chi connectivity index (χ0v) is 11.6. The van der Waals surface area contributed by atoms with Crippen molar-refractivity contribution in [3.63, 3.8) is 0 Å². The molecule has 0 unspecified atom stereocenters. The summed E-state index contributed by atoms with van der Waals surface area (Å²) in [5.74, 6) is 0.704. The molecule has 1 aliphatic carbocycles. The molecule has 1 aromatic carbocycles. The molecule has 18 heavy (non-hydrogen) atoms. The number of rotatable bonds is 3. The van der Waals surface area contributed by atoms with E-state index in [2.05, 4.69) is 23.1 Å². The van der Waals surface area contributed by atoms with Gasteiger partial charge in [0.05, 0.1) is 5.69 Å². The van der Waals surface area contributed by atoms with Crippen molar-refractivity contribution in [2.45, 2.75) is 38.6 Å². The van der Waals surface area contributed by atoms with Crippen LogP contribution in [0, 0.1) is 5.92 Å². The van der Waals surface area contributed by atoms with Crippen LogP contribution in [0.5, 0.6) is 0 Å². The number of anilines is 1. The van der Waals surface area contributed by atoms with Gasteiger partial charge in [0.2, 0.25) is 0 Å². The first-order valence-electron chi connectivity index (χ1n) is 6.63. The fourth-order valence-electron chi connectivity index (χ4n) is 2.39. The first kappa shape index (κ1) is 13.1. The van der Waals surface area contributed by atoms with Gasteiger partial charge in [0.1, 0.15) is 0 Å². The maximum Gasteiger partial charge on any atom is 0.185 e. The molecule has 0 amide bonds. The van der Waals surface area contributed by atoms with Crippen molar-refractivity contribution in [1.82, 2.24) is 10.7 Å². The van der Waals surface area contributed by atoms with Gasteiger partial charge in [-0.1, -0.05) is 38.0 Å². The van der Waals surface area contributed by atoms with E-state index in [-0.39, 0.29) is 0 Å². The predicted octanol–water partition coefficient (Wildman–Crippen LogP) is 3.06. The number of hydrazine groups is 1. The van der Waals surface area contributed by atoms with Crippen LogP contribution in [0.4, 0.5) is 5.69 Å². The number of nitrogens with one attached hydrogen (secondary N) is 3. The molecule has 2 rings (SSSR count). The summed E-state index contributed by atoms with van der Waals surface area (Å²) in [6.45, 7) is 2.30. The van der Waals surface area contributed by atoms with E-state index in [1.165, 1.54) is 25.7 Å². The minimum Gasteiger partial charge on any atom is -0.358 e. The van der Waals surface area contributed by atoms with E-state index in [1.807, 2.05) is 30.3 Å². The first-order chi connectivity index (χ1) is 8.75. The van der Waals surface area contributed by atoms with Gasteiger partial charge in [0, 0.05) is 6.04 Å². The second-order valence-electron chi connectivity index (χ2n) is 4.96. The Labute approximate surface area is 114 Å². The molecule has 3 N–H and O–H groups in total. The van der Waals surface area contributed by atoms with E-state index in [4.69, 9.17) is 12.2 Å². The van der Waals surface area contributed by atoms with Gasteiger partial charge >= 0.3 is 0 Å². The molecular weight excluding hydrogens is 242 g/mol. The third kappa shape index (κ3) is 3.88. The Hall–Kier alpha value is -1.29. The highest BCUT2D eigenvalue weighted by atomic mass is 32.1. The lowest BCUT2D eigenvalue weighted by molar-refractivity contribution is 0.308. The largest absolute Gasteiger partial charge is 0.358 e. The topological polar surface area (TPSA) is 36.1 Å². The minimum atomic E-state index is 0.510. The number of benzene rings is 1. The van der Waals surface area contributed by atoms with E-state index >= 15 is 0 Å². The highest BCUT2D eigenvalue weighted by Gasteiger charge is 2.21. The second-order valence-corrected chi connectivity index (χ2v) is 5.37. The molecule has 0 heterocycles. The first-order valence-corrected chi connectivity index (χ1v) is 7.04. The molecular formula is C14H21N3S. The summed E-state index contributed by atoms with van der Waals surface area (Å²) < 4.78 is 0. The molecule has 2 atom stereocenters. The Kier molecular flexibility index (Phi) is 4.81. The molecule has 0 aromatic heterocycles. The molecule has 98 valence electrons. The fourth-order valence-corrected chi connectivity index (χ4v) is 2.59. The minimum absolute atomic E-state index is 0.510. The molecule has 1 aliphatic rings. The molecule has 0 bridgehead atoms. The lowest BCUT2D eigenvalue weighted by Gasteiger charge is -2.30. The van der Waals surface area contributed by atoms with Crippen LogP contribution in [0.1, 0.15) is 32.6 Å². The summed E-state index contributed by atoms with van der Waals surface area (Å²) in [6, 6.07) is 10.5. The van der Waals surface area contributed by atoms with Gasteiger partial charge in [-0.15, -0.1) is 0 Å². The molecule has 1 aromatic rings. The average molecular weight is 263 g/mol. The molecule has 1 saturated carbocycles. The molecule has 0 spiro atoms. The molecule has 1 fully saturated rings. The van der Waals surface area contributed by atoms with Crippen LogP contribution in [-0.2, 0) is 0 Å². The SMILES string of the molecule is C[C@@H]1CCCC[C@@H]1NC(=S)NNc1ccccc1. The van der Waals surface area contributed by atoms with Gasteiger partial charge < -0.3 is 5.32 Å². The number of hydrogen-bond donors (Lipinski definition) is 3. The van der Waals surface area contributed by atoms with Crippen molar-refractivity contribution in [1.29, 1.82) is 0 Å². The molecule has 3 nitrogen and oxygen atoms in total. The average Bonchev–Trinajstić information content (AvgIpc) is 2.40. The second kappa shape index (κ2) is 6.59. The summed E-state index contributed by atoms with van der Waals surface area (Å²) in [5, 5.41) is 4.08. The quantitative estimate of drug-likeness (QED) is 0.578. The van der Waals surface area contributed by atoms with Crippen LogP contribution in [0.2, 0.25) is 0 Å². The third-order valence-corrected chi connectivity index (χ3v) is 3.74. The number of para-hydroxylation sites is 1. The number of thiocarbonyl (C=S) groups is 1. The summed E-state index contributed by atoms with van der Waals surface area (Å²) in [4.78, 5) is 0. The Morgan fingerprint density at radius 2 is 1.89 bits per heavy atom. The van der Waals surface area contributed by atoms with E-state index < -0.39 is 0 Å². The van der Waals surface area contributed by atoms with Crippen molar-refractivity contribution in [3.8, 4) is 0 Å². The summed E-state index contributed by atoms with van der Waals surface area (Å²) in [7, 11) is 0. The van der Waals surface area contributed by atoms with Crippen LogP contribution in [0.15, 0.2) is 30.3 Å². The lowest BCUT2D eigenvalue weighted by atomic mass is 9.86. The van der Waals surface area contributed by atoms with Crippen molar-refractivity contribution in [3.05, 3.63) is 30.3 Å².